The van der Waals surface area contributed by atoms with E-state index in [1.54, 1.807) is 18.2 Å². The zero-order valence-electron chi connectivity index (χ0n) is 22.3. The first kappa shape index (κ1) is 29.2. The highest BCUT2D eigenvalue weighted by atomic mass is 32.2. The van der Waals surface area contributed by atoms with Crippen molar-refractivity contribution in [3.05, 3.63) is 70.1 Å². The number of nitrogens with zero attached hydrogens (tertiary/aromatic N) is 3. The number of rotatable bonds is 10. The van der Waals surface area contributed by atoms with Crippen LogP contribution in [0.25, 0.3) is 6.08 Å². The Kier molecular flexibility index (Phi) is 8.66. The summed E-state index contributed by atoms with van der Waals surface area (Å²) in [5, 5.41) is 21.5. The maximum absolute atomic E-state index is 13.1. The van der Waals surface area contributed by atoms with Crippen molar-refractivity contribution in [3.63, 3.8) is 0 Å². The lowest BCUT2D eigenvalue weighted by Gasteiger charge is -2.17. The van der Waals surface area contributed by atoms with E-state index >= 15 is 0 Å². The summed E-state index contributed by atoms with van der Waals surface area (Å²) in [6.45, 7) is 1.91. The number of aliphatic hydroxyl groups is 1. The molecule has 0 atom stereocenters. The van der Waals surface area contributed by atoms with E-state index in [1.165, 1.54) is 44.6 Å². The smallest absolute Gasteiger partial charge is 0.296 e. The van der Waals surface area contributed by atoms with E-state index in [1.807, 2.05) is 6.92 Å². The molecule has 0 saturated carbocycles. The van der Waals surface area contributed by atoms with Crippen LogP contribution in [-0.4, -0.2) is 57.0 Å². The Morgan fingerprint density at radius 1 is 0.976 bits per heavy atom. The number of aryl methyl sites for hydroxylation is 1. The van der Waals surface area contributed by atoms with Crippen LogP contribution in [0.1, 0.15) is 21.5 Å². The molecule has 0 amide bonds. The Bertz CT molecular complexity index is 1700. The predicted octanol–water partition coefficient (Wildman–Crippen LogP) is 4.27. The number of carbonyl (C=O) groups excluding carboxylic acids is 1. The normalized spacial score (nSPS) is 14.1. The van der Waals surface area contributed by atoms with Gasteiger partial charge in [0.1, 0.15) is 40.1 Å². The SMILES string of the molecule is COc1cc(N/N=C2\C(=O)c3ccc(N)cc3C=C2S(=O)(=O)O)c(OC)cc1/N=N/c1ccc(OCCO)cc1C. The van der Waals surface area contributed by atoms with Gasteiger partial charge in [0.25, 0.3) is 10.1 Å². The fourth-order valence-corrected chi connectivity index (χ4v) is 4.58. The first-order chi connectivity index (χ1) is 19.5. The van der Waals surface area contributed by atoms with Crippen molar-refractivity contribution in [3.8, 4) is 17.2 Å². The summed E-state index contributed by atoms with van der Waals surface area (Å²) in [4.78, 5) is 12.4. The number of carbonyl (C=O) groups is 1. The van der Waals surface area contributed by atoms with Gasteiger partial charge in [-0.15, -0.1) is 5.11 Å². The van der Waals surface area contributed by atoms with E-state index in [2.05, 4.69) is 20.8 Å². The van der Waals surface area contributed by atoms with Crippen LogP contribution >= 0.6 is 0 Å². The topological polar surface area (TPSA) is 194 Å². The molecule has 0 radical (unpaired) electrons. The van der Waals surface area contributed by atoms with Crippen molar-refractivity contribution in [2.75, 3.05) is 38.6 Å². The molecule has 0 bridgehead atoms. The highest BCUT2D eigenvalue weighted by Gasteiger charge is 2.33. The van der Waals surface area contributed by atoms with Crippen LogP contribution in [0, 0.1) is 6.92 Å². The van der Waals surface area contributed by atoms with Crippen molar-refractivity contribution in [2.24, 2.45) is 15.3 Å². The van der Waals surface area contributed by atoms with Gasteiger partial charge in [-0.3, -0.25) is 14.8 Å². The molecule has 3 aromatic carbocycles. The number of nitrogens with one attached hydrogen (secondary N) is 1. The van der Waals surface area contributed by atoms with Crippen LogP contribution in [0.3, 0.4) is 0 Å². The van der Waals surface area contributed by atoms with E-state index in [4.69, 9.17) is 25.1 Å². The van der Waals surface area contributed by atoms with Crippen molar-refractivity contribution >= 4 is 50.4 Å². The monoisotopic (exact) mass is 581 g/mol. The fraction of sp³-hybridized carbons (Fsp3) is 0.185. The van der Waals surface area contributed by atoms with Gasteiger partial charge >= 0.3 is 0 Å². The molecular weight excluding hydrogens is 554 g/mol. The number of azo groups is 1. The van der Waals surface area contributed by atoms with Crippen molar-refractivity contribution in [1.82, 2.24) is 0 Å². The zero-order valence-corrected chi connectivity index (χ0v) is 23.1. The van der Waals surface area contributed by atoms with Crippen LogP contribution in [0.2, 0.25) is 0 Å². The molecule has 3 aromatic rings. The molecule has 214 valence electrons. The molecule has 0 fully saturated rings. The summed E-state index contributed by atoms with van der Waals surface area (Å²) in [6, 6.07) is 12.5. The van der Waals surface area contributed by atoms with Gasteiger partial charge in [0, 0.05) is 23.4 Å². The minimum atomic E-state index is -4.82. The number of nitrogens with two attached hydrogens (primary N) is 1. The largest absolute Gasteiger partial charge is 0.494 e. The standard InChI is InChI=1S/C27H27N5O8S/c1-15-10-18(40-9-8-33)5-7-20(15)29-30-21-13-24(39-3)22(14-23(21)38-2)31-32-26-25(41(35,36)37)12-16-11-17(28)4-6-19(16)27(26)34/h4-7,10-14,31,33H,8-9,28H2,1-3H3,(H,35,36,37)/b30-29+,32-26-. The predicted molar refractivity (Wildman–Crippen MR) is 153 cm³/mol. The number of aliphatic hydroxyl groups excluding tert-OH is 1. The molecule has 0 aromatic heterocycles. The lowest BCUT2D eigenvalue weighted by atomic mass is 9.94. The van der Waals surface area contributed by atoms with Gasteiger partial charge in [-0.05, 0) is 60.5 Å². The van der Waals surface area contributed by atoms with Gasteiger partial charge in [0.2, 0.25) is 5.78 Å². The van der Waals surface area contributed by atoms with Crippen LogP contribution in [0.15, 0.2) is 68.8 Å². The Morgan fingerprint density at radius 3 is 2.37 bits per heavy atom. The minimum absolute atomic E-state index is 0.0994. The number of ether oxygens (including phenoxy) is 3. The Morgan fingerprint density at radius 2 is 1.71 bits per heavy atom. The third kappa shape index (κ3) is 6.51. The van der Waals surface area contributed by atoms with E-state index < -0.39 is 26.5 Å². The second-order valence-corrected chi connectivity index (χ2v) is 10.1. The fourth-order valence-electron chi connectivity index (χ4n) is 3.92. The second kappa shape index (κ2) is 12.2. The van der Waals surface area contributed by atoms with Gasteiger partial charge in [-0.25, -0.2) is 0 Å². The molecule has 0 spiro atoms. The number of allylic oxidation sites excluding steroid dienone is 1. The number of Topliss-reactive ketones (excluding diaryl/α,β-unsaturated/α-hetero) is 1. The maximum atomic E-state index is 13.1. The van der Waals surface area contributed by atoms with E-state index in [-0.39, 0.29) is 41.5 Å². The number of hydrogen-bond acceptors (Lipinski definition) is 12. The molecular formula is C27H27N5O8S. The number of ketones is 1. The first-order valence-corrected chi connectivity index (χ1v) is 13.5. The molecule has 0 unspecified atom stereocenters. The Balaban J connectivity index is 1.67. The molecule has 14 heteroatoms. The van der Waals surface area contributed by atoms with E-state index in [0.717, 1.165) is 11.6 Å². The average Bonchev–Trinajstić information content (AvgIpc) is 2.94. The van der Waals surface area contributed by atoms with Gasteiger partial charge in [-0.1, -0.05) is 0 Å². The first-order valence-electron chi connectivity index (χ1n) is 12.0. The minimum Gasteiger partial charge on any atom is -0.494 e. The Labute approximate surface area is 235 Å². The average molecular weight is 582 g/mol. The summed E-state index contributed by atoms with van der Waals surface area (Å²) in [5.41, 5.74) is 10.4. The molecule has 41 heavy (non-hydrogen) atoms. The van der Waals surface area contributed by atoms with Crippen molar-refractivity contribution < 1.29 is 37.1 Å². The summed E-state index contributed by atoms with van der Waals surface area (Å²) >= 11 is 0. The summed E-state index contributed by atoms with van der Waals surface area (Å²) in [6.07, 6.45) is 1.12. The lowest BCUT2D eigenvalue weighted by molar-refractivity contribution is 0.106. The van der Waals surface area contributed by atoms with Crippen molar-refractivity contribution in [1.29, 1.82) is 0 Å². The maximum Gasteiger partial charge on any atom is 0.296 e. The summed E-state index contributed by atoms with van der Waals surface area (Å²) in [5.74, 6) is 0.339. The number of hydrogen-bond donors (Lipinski definition) is 4. The number of methoxy groups -OCH3 is 2. The van der Waals surface area contributed by atoms with Crippen LogP contribution in [-0.2, 0) is 10.1 Å². The highest BCUT2D eigenvalue weighted by molar-refractivity contribution is 7.91. The molecule has 5 N–H and O–H groups in total. The molecule has 1 aliphatic rings. The summed E-state index contributed by atoms with van der Waals surface area (Å²) in [7, 11) is -2.01. The van der Waals surface area contributed by atoms with Gasteiger partial charge in [-0.2, -0.15) is 18.6 Å². The van der Waals surface area contributed by atoms with E-state index in [0.29, 0.717) is 22.8 Å². The number of fused-ring (bicyclic) bond motifs is 1. The summed E-state index contributed by atoms with van der Waals surface area (Å²) < 4.78 is 50.3. The number of benzene rings is 3. The molecule has 0 aliphatic heterocycles. The third-order valence-corrected chi connectivity index (χ3v) is 6.78. The van der Waals surface area contributed by atoms with Crippen LogP contribution < -0.4 is 25.4 Å². The quantitative estimate of drug-likeness (QED) is 0.116. The number of nitrogen functional groups attached to an aromatic ring is 1. The second-order valence-electron chi connectivity index (χ2n) is 8.68. The highest BCUT2D eigenvalue weighted by Crippen LogP contribution is 2.39. The molecule has 0 saturated heterocycles. The Hall–Kier alpha value is -4.79. The van der Waals surface area contributed by atoms with E-state index in [9.17, 15) is 17.8 Å². The van der Waals surface area contributed by atoms with Crippen LogP contribution in [0.5, 0.6) is 17.2 Å². The molecule has 1 aliphatic carbocycles. The molecule has 4 rings (SSSR count). The van der Waals surface area contributed by atoms with Gasteiger partial charge in [0.15, 0.2) is 5.71 Å². The zero-order chi connectivity index (χ0) is 29.7. The lowest BCUT2D eigenvalue weighted by Crippen LogP contribution is -2.27. The van der Waals surface area contributed by atoms with Gasteiger partial charge < -0.3 is 25.1 Å². The number of hydrazone groups is 1. The van der Waals surface area contributed by atoms with Crippen molar-refractivity contribution in [2.45, 2.75) is 6.92 Å². The molecule has 13 nitrogen and oxygen atoms in total. The third-order valence-electron chi connectivity index (χ3n) is 5.92. The number of anilines is 2. The molecule has 0 heterocycles. The van der Waals surface area contributed by atoms with Crippen LogP contribution in [0.4, 0.5) is 22.7 Å². The van der Waals surface area contributed by atoms with Gasteiger partial charge in [0.05, 0.1) is 26.5 Å².